The first-order valence-electron chi connectivity index (χ1n) is 9.99. The highest BCUT2D eigenvalue weighted by Gasteiger charge is 2.17. The Morgan fingerprint density at radius 1 is 1.37 bits per heavy atom. The molecule has 1 saturated heterocycles. The SMILES string of the molecule is CCCOc1ncccc1CNC(=NC)NCCCN1CCCCC1C.I. The Balaban J connectivity index is 0.00000364. The third-order valence-corrected chi connectivity index (χ3v) is 4.82. The van der Waals surface area contributed by atoms with E-state index in [0.717, 1.165) is 43.5 Å². The first-order valence-corrected chi connectivity index (χ1v) is 9.99. The Bertz CT molecular complexity index is 555. The number of pyridine rings is 1. The summed E-state index contributed by atoms with van der Waals surface area (Å²) in [6.45, 7) is 9.10. The molecule has 0 amide bonds. The highest BCUT2D eigenvalue weighted by atomic mass is 127. The highest BCUT2D eigenvalue weighted by molar-refractivity contribution is 14.0. The lowest BCUT2D eigenvalue weighted by molar-refractivity contribution is 0.159. The fourth-order valence-corrected chi connectivity index (χ4v) is 3.27. The average Bonchev–Trinajstić information content (AvgIpc) is 2.67. The van der Waals surface area contributed by atoms with Crippen molar-refractivity contribution in [3.63, 3.8) is 0 Å². The van der Waals surface area contributed by atoms with Crippen LogP contribution >= 0.6 is 24.0 Å². The van der Waals surface area contributed by atoms with E-state index in [2.05, 4.69) is 39.4 Å². The molecule has 27 heavy (non-hydrogen) atoms. The summed E-state index contributed by atoms with van der Waals surface area (Å²) in [5, 5.41) is 6.76. The molecule has 2 heterocycles. The number of aliphatic imine (C=N–C) groups is 1. The summed E-state index contributed by atoms with van der Waals surface area (Å²) in [4.78, 5) is 11.2. The lowest BCUT2D eigenvalue weighted by Crippen LogP contribution is -2.41. The first kappa shape index (κ1) is 23.9. The van der Waals surface area contributed by atoms with Crippen LogP contribution in [0.25, 0.3) is 0 Å². The maximum Gasteiger partial charge on any atom is 0.218 e. The van der Waals surface area contributed by atoms with Gasteiger partial charge in [-0.1, -0.05) is 19.4 Å². The number of ether oxygens (including phenoxy) is 1. The molecule has 0 spiro atoms. The van der Waals surface area contributed by atoms with Gasteiger partial charge in [0.05, 0.1) is 6.61 Å². The van der Waals surface area contributed by atoms with Gasteiger partial charge in [-0.2, -0.15) is 0 Å². The van der Waals surface area contributed by atoms with Crippen LogP contribution in [0.1, 0.15) is 51.5 Å². The van der Waals surface area contributed by atoms with E-state index in [4.69, 9.17) is 4.74 Å². The van der Waals surface area contributed by atoms with Crippen molar-refractivity contribution in [2.24, 2.45) is 4.99 Å². The second-order valence-corrected chi connectivity index (χ2v) is 6.90. The summed E-state index contributed by atoms with van der Waals surface area (Å²) >= 11 is 0. The number of hydrogen-bond donors (Lipinski definition) is 2. The Morgan fingerprint density at radius 2 is 2.22 bits per heavy atom. The van der Waals surface area contributed by atoms with E-state index in [9.17, 15) is 0 Å². The number of halogens is 1. The van der Waals surface area contributed by atoms with Gasteiger partial charge in [0.15, 0.2) is 5.96 Å². The molecule has 1 aliphatic heterocycles. The average molecular weight is 489 g/mol. The number of guanidine groups is 1. The van der Waals surface area contributed by atoms with E-state index < -0.39 is 0 Å². The molecule has 2 N–H and O–H groups in total. The van der Waals surface area contributed by atoms with Crippen molar-refractivity contribution >= 4 is 29.9 Å². The summed E-state index contributed by atoms with van der Waals surface area (Å²) in [6, 6.07) is 4.70. The maximum atomic E-state index is 5.71. The van der Waals surface area contributed by atoms with Gasteiger partial charge in [-0.25, -0.2) is 4.98 Å². The Labute approximate surface area is 181 Å². The molecule has 0 aliphatic carbocycles. The number of nitrogens with zero attached hydrogens (tertiary/aromatic N) is 3. The molecule has 1 aromatic rings. The van der Waals surface area contributed by atoms with E-state index in [1.165, 1.54) is 25.8 Å². The molecule has 154 valence electrons. The van der Waals surface area contributed by atoms with Crippen molar-refractivity contribution in [2.45, 2.75) is 58.5 Å². The largest absolute Gasteiger partial charge is 0.477 e. The fourth-order valence-electron chi connectivity index (χ4n) is 3.27. The first-order chi connectivity index (χ1) is 12.7. The monoisotopic (exact) mass is 489 g/mol. The summed E-state index contributed by atoms with van der Waals surface area (Å²) in [7, 11) is 1.81. The molecule has 2 rings (SSSR count). The zero-order valence-corrected chi connectivity index (χ0v) is 19.4. The Kier molecular flexibility index (Phi) is 12.4. The van der Waals surface area contributed by atoms with Crippen LogP contribution in [0.3, 0.4) is 0 Å². The quantitative estimate of drug-likeness (QED) is 0.241. The molecular formula is C20H36IN5O. The summed E-state index contributed by atoms with van der Waals surface area (Å²) < 4.78 is 5.71. The lowest BCUT2D eigenvalue weighted by atomic mass is 10.0. The second kappa shape index (κ2) is 14.0. The van der Waals surface area contributed by atoms with Gasteiger partial charge in [-0.05, 0) is 45.2 Å². The van der Waals surface area contributed by atoms with Crippen molar-refractivity contribution in [1.29, 1.82) is 0 Å². The van der Waals surface area contributed by atoms with Crippen LogP contribution in [-0.2, 0) is 6.54 Å². The van der Waals surface area contributed by atoms with Crippen LogP contribution in [0.2, 0.25) is 0 Å². The van der Waals surface area contributed by atoms with Crippen molar-refractivity contribution in [3.05, 3.63) is 23.9 Å². The lowest BCUT2D eigenvalue weighted by Gasteiger charge is -2.33. The summed E-state index contributed by atoms with van der Waals surface area (Å²) in [5.41, 5.74) is 1.05. The van der Waals surface area contributed by atoms with E-state index in [0.29, 0.717) is 19.0 Å². The van der Waals surface area contributed by atoms with Gasteiger partial charge in [0.1, 0.15) is 0 Å². The number of likely N-dealkylation sites (tertiary alicyclic amines) is 1. The summed E-state index contributed by atoms with van der Waals surface area (Å²) in [6.07, 6.45) is 7.93. The Hall–Kier alpha value is -1.09. The number of hydrogen-bond acceptors (Lipinski definition) is 4. The smallest absolute Gasteiger partial charge is 0.218 e. The van der Waals surface area contributed by atoms with Gasteiger partial charge >= 0.3 is 0 Å². The van der Waals surface area contributed by atoms with Crippen LogP contribution in [0.4, 0.5) is 0 Å². The minimum atomic E-state index is 0. The maximum absolute atomic E-state index is 5.71. The van der Waals surface area contributed by atoms with E-state index in [1.54, 1.807) is 13.2 Å². The van der Waals surface area contributed by atoms with Gasteiger partial charge in [0, 0.05) is 44.5 Å². The zero-order valence-electron chi connectivity index (χ0n) is 17.0. The molecule has 0 bridgehead atoms. The highest BCUT2D eigenvalue weighted by Crippen LogP contribution is 2.16. The zero-order chi connectivity index (χ0) is 18.6. The van der Waals surface area contributed by atoms with Gasteiger partial charge in [-0.3, -0.25) is 4.99 Å². The molecule has 1 atom stereocenters. The minimum Gasteiger partial charge on any atom is -0.477 e. The molecule has 6 nitrogen and oxygen atoms in total. The molecule has 7 heteroatoms. The van der Waals surface area contributed by atoms with Crippen molar-refractivity contribution in [3.8, 4) is 5.88 Å². The van der Waals surface area contributed by atoms with Crippen LogP contribution in [0.15, 0.2) is 23.3 Å². The molecule has 0 radical (unpaired) electrons. The topological polar surface area (TPSA) is 61.8 Å². The number of rotatable bonds is 9. The minimum absolute atomic E-state index is 0. The molecule has 1 aliphatic rings. The molecule has 1 unspecified atom stereocenters. The van der Waals surface area contributed by atoms with Gasteiger partial charge in [0.25, 0.3) is 0 Å². The standard InChI is InChI=1S/C20H35N5O.HI/c1-4-15-26-19-18(10-7-11-22-19)16-24-20(21-3)23-12-8-14-25-13-6-5-9-17(25)2;/h7,10-11,17H,4-6,8-9,12-16H2,1-3H3,(H2,21,23,24);1H. The molecule has 1 aromatic heterocycles. The van der Waals surface area contributed by atoms with E-state index in [-0.39, 0.29) is 24.0 Å². The van der Waals surface area contributed by atoms with Crippen LogP contribution in [-0.4, -0.2) is 55.2 Å². The third kappa shape index (κ3) is 8.64. The van der Waals surface area contributed by atoms with Gasteiger partial charge in [0.2, 0.25) is 5.88 Å². The van der Waals surface area contributed by atoms with Crippen molar-refractivity contribution in [1.82, 2.24) is 20.5 Å². The normalized spacial score (nSPS) is 17.9. The molecule has 1 fully saturated rings. The van der Waals surface area contributed by atoms with Crippen LogP contribution in [0.5, 0.6) is 5.88 Å². The van der Waals surface area contributed by atoms with E-state index in [1.807, 2.05) is 12.1 Å². The van der Waals surface area contributed by atoms with Gasteiger partial charge < -0.3 is 20.3 Å². The number of nitrogens with one attached hydrogen (secondary N) is 2. The number of aromatic nitrogens is 1. The Morgan fingerprint density at radius 3 is 2.96 bits per heavy atom. The van der Waals surface area contributed by atoms with Crippen LogP contribution < -0.4 is 15.4 Å². The molecular weight excluding hydrogens is 453 g/mol. The van der Waals surface area contributed by atoms with Crippen molar-refractivity contribution in [2.75, 3.05) is 33.3 Å². The predicted molar refractivity (Wildman–Crippen MR) is 123 cm³/mol. The molecule has 0 aromatic carbocycles. The second-order valence-electron chi connectivity index (χ2n) is 6.90. The van der Waals surface area contributed by atoms with Crippen molar-refractivity contribution < 1.29 is 4.74 Å². The molecule has 0 saturated carbocycles. The van der Waals surface area contributed by atoms with Gasteiger partial charge in [-0.15, -0.1) is 24.0 Å². The summed E-state index contributed by atoms with van der Waals surface area (Å²) in [5.74, 6) is 1.53. The number of piperidine rings is 1. The van der Waals surface area contributed by atoms with Crippen LogP contribution in [0, 0.1) is 0 Å². The predicted octanol–water partition coefficient (Wildman–Crippen LogP) is 3.42. The van der Waals surface area contributed by atoms with E-state index >= 15 is 0 Å². The third-order valence-electron chi connectivity index (χ3n) is 4.82. The fraction of sp³-hybridized carbons (Fsp3) is 0.700.